The predicted octanol–water partition coefficient (Wildman–Crippen LogP) is 2.29. The smallest absolute Gasteiger partial charge is 0.320 e. The summed E-state index contributed by atoms with van der Waals surface area (Å²) in [7, 11) is 0. The third-order valence-electron chi connectivity index (χ3n) is 6.31. The van der Waals surface area contributed by atoms with Gasteiger partial charge >= 0.3 is 5.97 Å². The lowest BCUT2D eigenvalue weighted by Crippen LogP contribution is -2.49. The van der Waals surface area contributed by atoms with Crippen LogP contribution >= 0.6 is 0 Å². The summed E-state index contributed by atoms with van der Waals surface area (Å²) in [4.78, 5) is 28.5. The number of aliphatic carboxylic acids is 1. The van der Waals surface area contributed by atoms with E-state index in [4.69, 9.17) is 0 Å². The minimum atomic E-state index is -0.772. The Kier molecular flexibility index (Phi) is 4.50. The zero-order valence-corrected chi connectivity index (χ0v) is 14.6. The van der Waals surface area contributed by atoms with Crippen LogP contribution in [0.5, 0.6) is 0 Å². The van der Waals surface area contributed by atoms with Crippen molar-refractivity contribution in [2.45, 2.75) is 57.2 Å². The van der Waals surface area contributed by atoms with E-state index in [0.717, 1.165) is 32.2 Å². The fraction of sp³-hybridized carbons (Fsp3) is 0.600. The average molecular weight is 342 g/mol. The second-order valence-corrected chi connectivity index (χ2v) is 7.71. The van der Waals surface area contributed by atoms with Crippen molar-refractivity contribution < 1.29 is 14.7 Å². The van der Waals surface area contributed by atoms with Crippen LogP contribution < -0.4 is 0 Å². The third-order valence-corrected chi connectivity index (χ3v) is 6.31. The standard InChI is InChI=1S/C20H26N2O3/c23-19(21-10-9-14-5-1-2-7-16(14)12-21)13-22-17-8-4-3-6-15(17)11-18(22)20(24)25/h1-2,5,7,15,17-18H,3-4,6,8-13H2,(H,24,25)/t15-,17-,18+/m1/s1. The highest BCUT2D eigenvalue weighted by Gasteiger charge is 2.46. The Labute approximate surface area is 148 Å². The lowest BCUT2D eigenvalue weighted by atomic mass is 9.85. The van der Waals surface area contributed by atoms with E-state index in [9.17, 15) is 14.7 Å². The van der Waals surface area contributed by atoms with Gasteiger partial charge in [-0.2, -0.15) is 0 Å². The molecule has 25 heavy (non-hydrogen) atoms. The number of hydrogen-bond donors (Lipinski definition) is 1. The third kappa shape index (κ3) is 3.17. The zero-order chi connectivity index (χ0) is 17.4. The minimum absolute atomic E-state index is 0.0759. The number of nitrogens with zero attached hydrogens (tertiary/aromatic N) is 2. The van der Waals surface area contributed by atoms with Crippen LogP contribution in [0.3, 0.4) is 0 Å². The Bertz CT molecular complexity index is 675. The van der Waals surface area contributed by atoms with E-state index in [2.05, 4.69) is 12.1 Å². The average Bonchev–Trinajstić information content (AvgIpc) is 3.00. The maximum Gasteiger partial charge on any atom is 0.320 e. The van der Waals surface area contributed by atoms with E-state index in [1.54, 1.807) is 0 Å². The van der Waals surface area contributed by atoms with Crippen molar-refractivity contribution in [2.75, 3.05) is 13.1 Å². The van der Waals surface area contributed by atoms with Crippen LogP contribution in [-0.4, -0.2) is 52.0 Å². The summed E-state index contributed by atoms with van der Waals surface area (Å²) < 4.78 is 0. The number of benzene rings is 1. The Morgan fingerprint density at radius 2 is 1.88 bits per heavy atom. The Morgan fingerprint density at radius 3 is 2.68 bits per heavy atom. The molecule has 3 aliphatic rings. The van der Waals surface area contributed by atoms with Crippen LogP contribution in [0.15, 0.2) is 24.3 Å². The number of rotatable bonds is 3. The topological polar surface area (TPSA) is 60.9 Å². The molecule has 0 radical (unpaired) electrons. The second kappa shape index (κ2) is 6.79. The number of carboxylic acid groups (broad SMARTS) is 1. The number of carbonyl (C=O) groups excluding carboxylic acids is 1. The first kappa shape index (κ1) is 16.6. The van der Waals surface area contributed by atoms with Crippen LogP contribution in [0.25, 0.3) is 0 Å². The first-order chi connectivity index (χ1) is 12.1. The number of carboxylic acids is 1. The fourth-order valence-electron chi connectivity index (χ4n) is 4.99. The monoisotopic (exact) mass is 342 g/mol. The van der Waals surface area contributed by atoms with E-state index in [-0.39, 0.29) is 18.5 Å². The van der Waals surface area contributed by atoms with Gasteiger partial charge in [0.2, 0.25) is 5.91 Å². The maximum atomic E-state index is 12.9. The number of carbonyl (C=O) groups is 2. The molecule has 0 unspecified atom stereocenters. The van der Waals surface area contributed by atoms with Crippen LogP contribution in [0.4, 0.5) is 0 Å². The molecular formula is C20H26N2O3. The molecule has 3 atom stereocenters. The summed E-state index contributed by atoms with van der Waals surface area (Å²) in [6, 6.07) is 8.05. The summed E-state index contributed by atoms with van der Waals surface area (Å²) in [6.07, 6.45) is 6.07. The summed E-state index contributed by atoms with van der Waals surface area (Å²) >= 11 is 0. The summed E-state index contributed by atoms with van der Waals surface area (Å²) in [5.74, 6) is -0.247. The van der Waals surface area contributed by atoms with Gasteiger partial charge < -0.3 is 10.0 Å². The minimum Gasteiger partial charge on any atom is -0.480 e. The first-order valence-corrected chi connectivity index (χ1v) is 9.46. The van der Waals surface area contributed by atoms with Crippen LogP contribution in [-0.2, 0) is 22.6 Å². The number of amides is 1. The van der Waals surface area contributed by atoms with Gasteiger partial charge in [0, 0.05) is 19.1 Å². The van der Waals surface area contributed by atoms with Crippen molar-refractivity contribution >= 4 is 11.9 Å². The Balaban J connectivity index is 1.47. The van der Waals surface area contributed by atoms with Gasteiger partial charge in [-0.05, 0) is 42.7 Å². The van der Waals surface area contributed by atoms with Crippen LogP contribution in [0, 0.1) is 5.92 Å². The molecule has 1 aromatic rings. The molecule has 5 heteroatoms. The van der Waals surface area contributed by atoms with Gasteiger partial charge in [-0.15, -0.1) is 0 Å². The van der Waals surface area contributed by atoms with Crippen molar-refractivity contribution in [1.29, 1.82) is 0 Å². The van der Waals surface area contributed by atoms with Gasteiger partial charge in [0.15, 0.2) is 0 Å². The molecule has 1 aliphatic carbocycles. The molecule has 1 saturated carbocycles. The van der Waals surface area contributed by atoms with Gasteiger partial charge in [-0.3, -0.25) is 14.5 Å². The van der Waals surface area contributed by atoms with Crippen molar-refractivity contribution in [3.63, 3.8) is 0 Å². The molecule has 1 saturated heterocycles. The van der Waals surface area contributed by atoms with Crippen molar-refractivity contribution in [3.05, 3.63) is 35.4 Å². The predicted molar refractivity (Wildman–Crippen MR) is 94.1 cm³/mol. The molecule has 0 bridgehead atoms. The highest BCUT2D eigenvalue weighted by molar-refractivity contribution is 5.80. The summed E-state index contributed by atoms with van der Waals surface area (Å²) in [5.41, 5.74) is 2.54. The van der Waals surface area contributed by atoms with E-state index in [0.29, 0.717) is 18.9 Å². The van der Waals surface area contributed by atoms with Crippen molar-refractivity contribution in [2.24, 2.45) is 5.92 Å². The van der Waals surface area contributed by atoms with E-state index >= 15 is 0 Å². The molecule has 2 fully saturated rings. The molecule has 134 valence electrons. The second-order valence-electron chi connectivity index (χ2n) is 7.71. The Hall–Kier alpha value is -1.88. The molecule has 5 nitrogen and oxygen atoms in total. The molecule has 0 aromatic heterocycles. The zero-order valence-electron chi connectivity index (χ0n) is 14.6. The molecule has 1 N–H and O–H groups in total. The van der Waals surface area contributed by atoms with E-state index in [1.165, 1.54) is 17.5 Å². The highest BCUT2D eigenvalue weighted by Crippen LogP contribution is 2.39. The Morgan fingerprint density at radius 1 is 1.12 bits per heavy atom. The van der Waals surface area contributed by atoms with Gasteiger partial charge in [0.25, 0.3) is 0 Å². The molecule has 1 aromatic carbocycles. The first-order valence-electron chi connectivity index (χ1n) is 9.46. The number of hydrogen-bond acceptors (Lipinski definition) is 3. The lowest BCUT2D eigenvalue weighted by Gasteiger charge is -2.35. The van der Waals surface area contributed by atoms with Crippen LogP contribution in [0.2, 0.25) is 0 Å². The summed E-state index contributed by atoms with van der Waals surface area (Å²) in [5, 5.41) is 9.62. The molecular weight excluding hydrogens is 316 g/mol. The van der Waals surface area contributed by atoms with Crippen LogP contribution in [0.1, 0.15) is 43.2 Å². The molecule has 1 amide bonds. The van der Waals surface area contributed by atoms with E-state index in [1.807, 2.05) is 21.9 Å². The largest absolute Gasteiger partial charge is 0.480 e. The SMILES string of the molecule is O=C(O)[C@@H]1C[C@H]2CCCC[C@H]2N1CC(=O)N1CCc2ccccc2C1. The van der Waals surface area contributed by atoms with Gasteiger partial charge in [0.05, 0.1) is 6.54 Å². The highest BCUT2D eigenvalue weighted by atomic mass is 16.4. The number of likely N-dealkylation sites (tertiary alicyclic amines) is 1. The molecule has 2 aliphatic heterocycles. The van der Waals surface area contributed by atoms with Crippen molar-refractivity contribution in [3.8, 4) is 0 Å². The molecule has 4 rings (SSSR count). The maximum absolute atomic E-state index is 12.9. The fourth-order valence-corrected chi connectivity index (χ4v) is 4.99. The quantitative estimate of drug-likeness (QED) is 0.915. The van der Waals surface area contributed by atoms with E-state index < -0.39 is 12.0 Å². The van der Waals surface area contributed by atoms with Gasteiger partial charge in [-0.1, -0.05) is 37.1 Å². The van der Waals surface area contributed by atoms with Gasteiger partial charge in [-0.25, -0.2) is 0 Å². The van der Waals surface area contributed by atoms with Gasteiger partial charge in [0.1, 0.15) is 6.04 Å². The number of fused-ring (bicyclic) bond motifs is 2. The van der Waals surface area contributed by atoms with Crippen molar-refractivity contribution in [1.82, 2.24) is 9.80 Å². The summed E-state index contributed by atoms with van der Waals surface area (Å²) in [6.45, 7) is 1.63. The normalized spacial score (nSPS) is 29.1. The lowest BCUT2D eigenvalue weighted by molar-refractivity contribution is -0.144. The molecule has 2 heterocycles. The molecule has 0 spiro atoms.